The van der Waals surface area contributed by atoms with E-state index in [4.69, 9.17) is 0 Å². The molecular weight excluding hydrogens is 432 g/mol. The maximum absolute atomic E-state index is 12.8. The zero-order valence-electron chi connectivity index (χ0n) is 15.3. The molecule has 152 valence electrons. The largest absolute Gasteiger partial charge is 0.295 e. The van der Waals surface area contributed by atoms with Crippen LogP contribution in [0, 0.1) is 10.1 Å². The fourth-order valence-electron chi connectivity index (χ4n) is 3.14. The lowest BCUT2D eigenvalue weighted by atomic mass is 10.3. The second-order valence-corrected chi connectivity index (χ2v) is 10.2. The van der Waals surface area contributed by atoms with E-state index < -0.39 is 14.9 Å². The van der Waals surface area contributed by atoms with Crippen molar-refractivity contribution in [2.24, 2.45) is 0 Å². The maximum atomic E-state index is 12.8. The van der Waals surface area contributed by atoms with Gasteiger partial charge in [0.15, 0.2) is 0 Å². The number of rotatable bonds is 6. The highest BCUT2D eigenvalue weighted by molar-refractivity contribution is 7.89. The highest BCUT2D eigenvalue weighted by Crippen LogP contribution is 2.26. The number of non-ortho nitro benzene ring substituents is 1. The molecule has 0 spiro atoms. The third-order valence-corrected chi connectivity index (χ3v) is 8.26. The highest BCUT2D eigenvalue weighted by atomic mass is 32.2. The zero-order valence-corrected chi connectivity index (χ0v) is 17.8. The summed E-state index contributed by atoms with van der Waals surface area (Å²) in [4.78, 5) is 17.2. The van der Waals surface area contributed by atoms with Crippen LogP contribution in [0.3, 0.4) is 0 Å². The van der Waals surface area contributed by atoms with Gasteiger partial charge in [-0.25, -0.2) is 13.4 Å². The van der Waals surface area contributed by atoms with Crippen LogP contribution in [0.15, 0.2) is 51.4 Å². The standard InChI is InChI=1S/C18H18N4O4S3/c23-22(24)16-1-3-17(4-2-16)29(25,26)21-8-6-20(7-9-21)11-15-13-28-18(19-15)14-5-10-27-12-14/h1-5,10,12-13H,6-9,11H2. The number of nitrogens with zero attached hydrogens (tertiary/aromatic N) is 4. The molecular formula is C18H18N4O4S3. The topological polar surface area (TPSA) is 96.6 Å². The first-order chi connectivity index (χ1) is 13.9. The number of nitro benzene ring substituents is 1. The lowest BCUT2D eigenvalue weighted by Gasteiger charge is -2.33. The van der Waals surface area contributed by atoms with Gasteiger partial charge in [0.25, 0.3) is 5.69 Å². The van der Waals surface area contributed by atoms with E-state index in [0.29, 0.717) is 32.7 Å². The Labute approximate surface area is 176 Å². The molecule has 0 aliphatic carbocycles. The van der Waals surface area contributed by atoms with Crippen molar-refractivity contribution < 1.29 is 13.3 Å². The molecule has 0 unspecified atom stereocenters. The van der Waals surface area contributed by atoms with Crippen molar-refractivity contribution in [1.29, 1.82) is 0 Å². The molecule has 0 atom stereocenters. The number of piperazine rings is 1. The third-order valence-electron chi connectivity index (χ3n) is 4.72. The number of hydrogen-bond donors (Lipinski definition) is 0. The summed E-state index contributed by atoms with van der Waals surface area (Å²) in [6.45, 7) is 2.66. The number of hydrogen-bond acceptors (Lipinski definition) is 8. The van der Waals surface area contributed by atoms with Gasteiger partial charge < -0.3 is 0 Å². The first-order valence-electron chi connectivity index (χ1n) is 8.87. The Hall–Kier alpha value is -2.18. The highest BCUT2D eigenvalue weighted by Gasteiger charge is 2.29. The van der Waals surface area contributed by atoms with Gasteiger partial charge in [0.1, 0.15) is 5.01 Å². The van der Waals surface area contributed by atoms with E-state index in [9.17, 15) is 18.5 Å². The van der Waals surface area contributed by atoms with Crippen LogP contribution >= 0.6 is 22.7 Å². The van der Waals surface area contributed by atoms with Crippen LogP contribution in [0.25, 0.3) is 10.6 Å². The second-order valence-electron chi connectivity index (χ2n) is 6.59. The lowest BCUT2D eigenvalue weighted by molar-refractivity contribution is -0.384. The number of sulfonamides is 1. The van der Waals surface area contributed by atoms with Crippen LogP contribution < -0.4 is 0 Å². The molecule has 1 aliphatic heterocycles. The molecule has 0 saturated carbocycles. The van der Waals surface area contributed by atoms with Crippen LogP contribution in [0.5, 0.6) is 0 Å². The van der Waals surface area contributed by atoms with E-state index in [-0.39, 0.29) is 10.6 Å². The molecule has 11 heteroatoms. The molecule has 8 nitrogen and oxygen atoms in total. The smallest absolute Gasteiger partial charge is 0.269 e. The van der Waals surface area contributed by atoms with E-state index >= 15 is 0 Å². The van der Waals surface area contributed by atoms with Crippen molar-refractivity contribution in [2.75, 3.05) is 26.2 Å². The molecule has 1 aromatic carbocycles. The first-order valence-corrected chi connectivity index (χ1v) is 12.1. The van der Waals surface area contributed by atoms with Crippen LogP contribution in [0.2, 0.25) is 0 Å². The Bertz CT molecular complexity index is 1090. The summed E-state index contributed by atoms with van der Waals surface area (Å²) >= 11 is 3.26. The molecule has 0 amide bonds. The van der Waals surface area contributed by atoms with Gasteiger partial charge in [0.05, 0.1) is 15.5 Å². The summed E-state index contributed by atoms with van der Waals surface area (Å²) in [7, 11) is -3.65. The Balaban J connectivity index is 1.37. The second kappa shape index (κ2) is 8.28. The molecule has 1 aliphatic rings. The number of aromatic nitrogens is 1. The molecule has 0 bridgehead atoms. The predicted molar refractivity (Wildman–Crippen MR) is 113 cm³/mol. The SMILES string of the molecule is O=[N+]([O-])c1ccc(S(=O)(=O)N2CCN(Cc3csc(-c4ccsc4)n3)CC2)cc1. The fraction of sp³-hybridized carbons (Fsp3) is 0.278. The summed E-state index contributed by atoms with van der Waals surface area (Å²) in [6.07, 6.45) is 0. The van der Waals surface area contributed by atoms with Gasteiger partial charge in [0.2, 0.25) is 10.0 Å². The van der Waals surface area contributed by atoms with Crippen molar-refractivity contribution in [3.63, 3.8) is 0 Å². The molecule has 0 N–H and O–H groups in total. The lowest BCUT2D eigenvalue weighted by Crippen LogP contribution is -2.48. The van der Waals surface area contributed by atoms with Crippen LogP contribution in [0.1, 0.15) is 5.69 Å². The van der Waals surface area contributed by atoms with Crippen molar-refractivity contribution in [2.45, 2.75) is 11.4 Å². The summed E-state index contributed by atoms with van der Waals surface area (Å²) in [5.74, 6) is 0. The Morgan fingerprint density at radius 1 is 1.07 bits per heavy atom. The van der Waals surface area contributed by atoms with Gasteiger partial charge in [-0.1, -0.05) is 0 Å². The van der Waals surface area contributed by atoms with Crippen LogP contribution in [0.4, 0.5) is 5.69 Å². The molecule has 0 radical (unpaired) electrons. The minimum Gasteiger partial charge on any atom is -0.295 e. The predicted octanol–water partition coefficient (Wildman–Crippen LogP) is 3.29. The Morgan fingerprint density at radius 3 is 2.41 bits per heavy atom. The molecule has 4 rings (SSSR count). The Morgan fingerprint density at radius 2 is 1.79 bits per heavy atom. The number of thiophene rings is 1. The van der Waals surface area contributed by atoms with E-state index in [1.54, 1.807) is 22.7 Å². The van der Waals surface area contributed by atoms with Crippen molar-refractivity contribution in [3.05, 3.63) is 62.3 Å². The van der Waals surface area contributed by atoms with Crippen molar-refractivity contribution >= 4 is 38.4 Å². The van der Waals surface area contributed by atoms with Crippen molar-refractivity contribution in [3.8, 4) is 10.6 Å². The number of thiazole rings is 1. The average molecular weight is 451 g/mol. The summed E-state index contributed by atoms with van der Waals surface area (Å²) < 4.78 is 27.0. The van der Waals surface area contributed by atoms with Gasteiger partial charge in [-0.3, -0.25) is 15.0 Å². The van der Waals surface area contributed by atoms with E-state index in [1.165, 1.54) is 28.6 Å². The molecule has 1 saturated heterocycles. The molecule has 3 aromatic rings. The van der Waals surface area contributed by atoms with Crippen LogP contribution in [-0.2, 0) is 16.6 Å². The van der Waals surface area contributed by atoms with Gasteiger partial charge in [0, 0.05) is 61.2 Å². The summed E-state index contributed by atoms with van der Waals surface area (Å²) in [5, 5.41) is 17.9. The molecule has 1 fully saturated rings. The number of nitro groups is 1. The van der Waals surface area contributed by atoms with E-state index in [1.807, 2.05) is 10.8 Å². The summed E-state index contributed by atoms with van der Waals surface area (Å²) in [5.41, 5.74) is 1.99. The van der Waals surface area contributed by atoms with Gasteiger partial charge >= 0.3 is 0 Å². The monoisotopic (exact) mass is 450 g/mol. The maximum Gasteiger partial charge on any atom is 0.269 e. The third kappa shape index (κ3) is 4.38. The normalized spacial score (nSPS) is 16.1. The van der Waals surface area contributed by atoms with Gasteiger partial charge in [-0.2, -0.15) is 15.6 Å². The molecule has 3 heterocycles. The zero-order chi connectivity index (χ0) is 20.4. The van der Waals surface area contributed by atoms with Crippen molar-refractivity contribution in [1.82, 2.24) is 14.2 Å². The average Bonchev–Trinajstić information content (AvgIpc) is 3.40. The molecule has 29 heavy (non-hydrogen) atoms. The number of benzene rings is 1. The van der Waals surface area contributed by atoms with Gasteiger partial charge in [-0.15, -0.1) is 11.3 Å². The van der Waals surface area contributed by atoms with E-state index in [0.717, 1.165) is 16.3 Å². The summed E-state index contributed by atoms with van der Waals surface area (Å²) in [6, 6.07) is 7.07. The van der Waals surface area contributed by atoms with E-state index in [2.05, 4.69) is 21.3 Å². The minimum absolute atomic E-state index is 0.0801. The first kappa shape index (κ1) is 20.1. The van der Waals surface area contributed by atoms with Gasteiger partial charge in [-0.05, 0) is 23.6 Å². The minimum atomic E-state index is -3.65. The fourth-order valence-corrected chi connectivity index (χ4v) is 6.09. The molecule has 2 aromatic heterocycles. The van der Waals surface area contributed by atoms with Crippen LogP contribution in [-0.4, -0.2) is 53.7 Å². The Kier molecular flexibility index (Phi) is 5.74. The quantitative estimate of drug-likeness (QED) is 0.422.